The fraction of sp³-hybridized carbons (Fsp3) is 0.222. The lowest BCUT2D eigenvalue weighted by molar-refractivity contribution is 0.414. The third-order valence-electron chi connectivity index (χ3n) is 1.53. The first-order valence-corrected chi connectivity index (χ1v) is 3.93. The second kappa shape index (κ2) is 4.12. The molecule has 0 fully saturated rings. The zero-order valence-electron chi connectivity index (χ0n) is 7.04. The summed E-state index contributed by atoms with van der Waals surface area (Å²) in [5, 5.41) is 0.465. The molecule has 0 atom stereocenters. The van der Waals surface area contributed by atoms with E-state index in [4.69, 9.17) is 16.3 Å². The van der Waals surface area contributed by atoms with E-state index < -0.39 is 0 Å². The van der Waals surface area contributed by atoms with Gasteiger partial charge in [0, 0.05) is 7.05 Å². The summed E-state index contributed by atoms with van der Waals surface area (Å²) in [6.07, 6.45) is 0. The van der Waals surface area contributed by atoms with E-state index in [-0.39, 0.29) is 0 Å². The second-order valence-corrected chi connectivity index (χ2v) is 2.57. The van der Waals surface area contributed by atoms with Crippen LogP contribution in [0.3, 0.4) is 0 Å². The maximum atomic E-state index is 5.84. The van der Waals surface area contributed by atoms with Crippen LogP contribution in [0.25, 0.3) is 0 Å². The highest BCUT2D eigenvalue weighted by Crippen LogP contribution is 2.19. The third kappa shape index (κ3) is 1.77. The minimum atomic E-state index is 0.465. The lowest BCUT2D eigenvalue weighted by atomic mass is 10.2. The number of rotatable bonds is 2. The van der Waals surface area contributed by atoms with Crippen molar-refractivity contribution in [3.05, 3.63) is 29.8 Å². The van der Waals surface area contributed by atoms with Gasteiger partial charge < -0.3 is 4.74 Å². The highest BCUT2D eigenvalue weighted by molar-refractivity contribution is 6.69. The molecule has 0 unspecified atom stereocenters. The lowest BCUT2D eigenvalue weighted by Crippen LogP contribution is -1.95. The molecule has 0 bridgehead atoms. The summed E-state index contributed by atoms with van der Waals surface area (Å²) in [7, 11) is 3.26. The van der Waals surface area contributed by atoms with Gasteiger partial charge in [0.15, 0.2) is 0 Å². The molecule has 0 aromatic heterocycles. The maximum Gasteiger partial charge on any atom is 0.134 e. The van der Waals surface area contributed by atoms with Gasteiger partial charge in [-0.15, -0.1) is 0 Å². The molecule has 0 radical (unpaired) electrons. The van der Waals surface area contributed by atoms with Crippen LogP contribution in [0.4, 0.5) is 0 Å². The molecule has 12 heavy (non-hydrogen) atoms. The Morgan fingerprint density at radius 3 is 2.67 bits per heavy atom. The van der Waals surface area contributed by atoms with Gasteiger partial charge in [-0.1, -0.05) is 23.7 Å². The zero-order valence-corrected chi connectivity index (χ0v) is 7.80. The van der Waals surface area contributed by atoms with Crippen LogP contribution in [-0.2, 0) is 0 Å². The first kappa shape index (κ1) is 9.07. The molecule has 0 saturated carbocycles. The van der Waals surface area contributed by atoms with Gasteiger partial charge in [-0.3, -0.25) is 4.99 Å². The van der Waals surface area contributed by atoms with E-state index >= 15 is 0 Å². The Morgan fingerprint density at radius 2 is 2.08 bits per heavy atom. The lowest BCUT2D eigenvalue weighted by Gasteiger charge is -2.04. The molecule has 3 heteroatoms. The van der Waals surface area contributed by atoms with Crippen molar-refractivity contribution in [1.29, 1.82) is 0 Å². The number of para-hydroxylation sites is 1. The van der Waals surface area contributed by atoms with Crippen molar-refractivity contribution in [3.8, 4) is 5.75 Å². The maximum absolute atomic E-state index is 5.84. The molecule has 2 nitrogen and oxygen atoms in total. The first-order valence-electron chi connectivity index (χ1n) is 3.55. The summed E-state index contributed by atoms with van der Waals surface area (Å²) in [5.41, 5.74) is 0.823. The number of hydrogen-bond donors (Lipinski definition) is 0. The Hall–Kier alpha value is -1.02. The van der Waals surface area contributed by atoms with Crippen LogP contribution in [0.1, 0.15) is 5.56 Å². The fourth-order valence-corrected chi connectivity index (χ4v) is 1.09. The quantitative estimate of drug-likeness (QED) is 0.645. The van der Waals surface area contributed by atoms with Crippen molar-refractivity contribution < 1.29 is 4.74 Å². The van der Waals surface area contributed by atoms with Gasteiger partial charge in [0.1, 0.15) is 10.9 Å². The van der Waals surface area contributed by atoms with Crippen molar-refractivity contribution in [1.82, 2.24) is 0 Å². The summed E-state index contributed by atoms with van der Waals surface area (Å²) in [4.78, 5) is 3.87. The van der Waals surface area contributed by atoms with Gasteiger partial charge in [-0.25, -0.2) is 0 Å². The fourth-order valence-electron chi connectivity index (χ4n) is 0.936. The molecule has 0 aliphatic heterocycles. The average molecular weight is 184 g/mol. The van der Waals surface area contributed by atoms with Crippen molar-refractivity contribution in [2.75, 3.05) is 14.2 Å². The van der Waals surface area contributed by atoms with Crippen LogP contribution in [0.5, 0.6) is 5.75 Å². The Morgan fingerprint density at radius 1 is 1.42 bits per heavy atom. The highest BCUT2D eigenvalue weighted by Gasteiger charge is 2.04. The van der Waals surface area contributed by atoms with E-state index in [1.165, 1.54) is 0 Å². The Labute approximate surface area is 76.8 Å². The molecule has 0 aliphatic rings. The van der Waals surface area contributed by atoms with Crippen LogP contribution >= 0.6 is 11.6 Å². The molecule has 1 rings (SSSR count). The normalized spacial score (nSPS) is 11.4. The average Bonchev–Trinajstić information content (AvgIpc) is 2.16. The predicted octanol–water partition coefficient (Wildman–Crippen LogP) is 2.31. The van der Waals surface area contributed by atoms with Gasteiger partial charge in [-0.2, -0.15) is 0 Å². The molecule has 0 saturated heterocycles. The van der Waals surface area contributed by atoms with E-state index in [2.05, 4.69) is 4.99 Å². The minimum absolute atomic E-state index is 0.465. The van der Waals surface area contributed by atoms with E-state index in [1.54, 1.807) is 14.2 Å². The molecule has 0 spiro atoms. The number of hydrogen-bond acceptors (Lipinski definition) is 2. The van der Waals surface area contributed by atoms with Crippen molar-refractivity contribution in [2.45, 2.75) is 0 Å². The van der Waals surface area contributed by atoms with Gasteiger partial charge in [0.25, 0.3) is 0 Å². The topological polar surface area (TPSA) is 21.6 Å². The summed E-state index contributed by atoms with van der Waals surface area (Å²) >= 11 is 5.84. The molecular weight excluding hydrogens is 174 g/mol. The molecule has 0 aliphatic carbocycles. The van der Waals surface area contributed by atoms with Gasteiger partial charge >= 0.3 is 0 Å². The number of nitrogens with zero attached hydrogens (tertiary/aromatic N) is 1. The van der Waals surface area contributed by atoms with E-state index in [9.17, 15) is 0 Å². The number of ether oxygens (including phenoxy) is 1. The summed E-state index contributed by atoms with van der Waals surface area (Å²) < 4.78 is 5.10. The van der Waals surface area contributed by atoms with Crippen molar-refractivity contribution >= 4 is 16.8 Å². The zero-order chi connectivity index (χ0) is 8.97. The molecule has 1 aromatic carbocycles. The van der Waals surface area contributed by atoms with E-state index in [1.807, 2.05) is 24.3 Å². The monoisotopic (exact) mass is 183 g/mol. The summed E-state index contributed by atoms with van der Waals surface area (Å²) in [6, 6.07) is 7.50. The van der Waals surface area contributed by atoms with E-state index in [0.717, 1.165) is 11.3 Å². The SMILES string of the molecule is C/N=C(\Cl)c1ccccc1OC. The predicted molar refractivity (Wildman–Crippen MR) is 51.3 cm³/mol. The van der Waals surface area contributed by atoms with Gasteiger partial charge in [-0.05, 0) is 12.1 Å². The van der Waals surface area contributed by atoms with Crippen LogP contribution < -0.4 is 4.74 Å². The minimum Gasteiger partial charge on any atom is -0.496 e. The van der Waals surface area contributed by atoms with Gasteiger partial charge in [0.05, 0.1) is 12.7 Å². The largest absolute Gasteiger partial charge is 0.496 e. The summed E-state index contributed by atoms with van der Waals surface area (Å²) in [5.74, 6) is 0.744. The van der Waals surface area contributed by atoms with Crippen LogP contribution in [0, 0.1) is 0 Å². The molecular formula is C9H10ClNO. The first-order chi connectivity index (χ1) is 5.79. The molecule has 64 valence electrons. The Kier molecular flexibility index (Phi) is 3.11. The van der Waals surface area contributed by atoms with Crippen LogP contribution in [0.15, 0.2) is 29.3 Å². The van der Waals surface area contributed by atoms with Crippen LogP contribution in [-0.4, -0.2) is 19.3 Å². The smallest absolute Gasteiger partial charge is 0.134 e. The molecule has 0 amide bonds. The van der Waals surface area contributed by atoms with Crippen molar-refractivity contribution in [3.63, 3.8) is 0 Å². The van der Waals surface area contributed by atoms with Crippen molar-refractivity contribution in [2.24, 2.45) is 4.99 Å². The summed E-state index contributed by atoms with van der Waals surface area (Å²) in [6.45, 7) is 0. The number of benzene rings is 1. The molecule has 0 N–H and O–H groups in total. The van der Waals surface area contributed by atoms with E-state index in [0.29, 0.717) is 5.17 Å². The molecule has 1 aromatic rings. The Bertz CT molecular complexity index is 296. The third-order valence-corrected chi connectivity index (χ3v) is 1.90. The number of halogens is 1. The number of methoxy groups -OCH3 is 1. The van der Waals surface area contributed by atoms with Gasteiger partial charge in [0.2, 0.25) is 0 Å². The highest BCUT2D eigenvalue weighted by atomic mass is 35.5. The van der Waals surface area contributed by atoms with Crippen LogP contribution in [0.2, 0.25) is 0 Å². The number of aliphatic imine (C=N–C) groups is 1. The Balaban J connectivity index is 3.13. The second-order valence-electron chi connectivity index (χ2n) is 2.21. The molecule has 0 heterocycles. The standard InChI is InChI=1S/C9H10ClNO/c1-11-9(10)7-5-3-4-6-8(7)12-2/h3-6H,1-2H3/b11-9-.